The van der Waals surface area contributed by atoms with Crippen molar-refractivity contribution in [3.8, 4) is 5.75 Å². The van der Waals surface area contributed by atoms with Gasteiger partial charge in [0.15, 0.2) is 5.82 Å². The number of aryl methyl sites for hydroxylation is 1. The number of para-hydroxylation sites is 1. The van der Waals surface area contributed by atoms with E-state index in [0.717, 1.165) is 42.6 Å². The fourth-order valence-corrected chi connectivity index (χ4v) is 3.25. The second kappa shape index (κ2) is 6.92. The Morgan fingerprint density at radius 3 is 2.54 bits per heavy atom. The highest BCUT2D eigenvalue weighted by Gasteiger charge is 2.40. The van der Waals surface area contributed by atoms with Crippen molar-refractivity contribution in [2.75, 3.05) is 0 Å². The maximum Gasteiger partial charge on any atom is 0.272 e. The highest BCUT2D eigenvalue weighted by molar-refractivity contribution is 5.35. The van der Waals surface area contributed by atoms with E-state index in [-0.39, 0.29) is 0 Å². The van der Waals surface area contributed by atoms with Crippen LogP contribution >= 0.6 is 0 Å². The molecule has 2 N–H and O–H groups in total. The Balaban J connectivity index is 1.70. The van der Waals surface area contributed by atoms with E-state index in [1.165, 1.54) is 0 Å². The summed E-state index contributed by atoms with van der Waals surface area (Å²) in [5.74, 6) is 1.84. The topological polar surface area (TPSA) is 74.2 Å². The SMILES string of the molecule is CCc1ccccc1OC(c1ccccc1)c1nc(C2(N)CCC2)no1. The lowest BCUT2D eigenvalue weighted by Gasteiger charge is -2.34. The molecule has 0 amide bonds. The molecule has 2 aromatic carbocycles. The molecule has 1 saturated carbocycles. The number of ether oxygens (including phenoxy) is 1. The Hall–Kier alpha value is -2.66. The first-order valence-corrected chi connectivity index (χ1v) is 9.12. The number of nitrogens with two attached hydrogens (primary N) is 1. The van der Waals surface area contributed by atoms with Gasteiger partial charge in [0.1, 0.15) is 5.75 Å². The first-order valence-electron chi connectivity index (χ1n) is 9.12. The van der Waals surface area contributed by atoms with Crippen LogP contribution in [0.3, 0.4) is 0 Å². The minimum Gasteiger partial charge on any atom is -0.476 e. The summed E-state index contributed by atoms with van der Waals surface area (Å²) in [6.07, 6.45) is 3.30. The number of hydrogen-bond donors (Lipinski definition) is 1. The van der Waals surface area contributed by atoms with E-state index < -0.39 is 11.6 Å². The molecule has 3 aromatic rings. The van der Waals surface area contributed by atoms with Crippen molar-refractivity contribution in [2.24, 2.45) is 5.73 Å². The molecule has 5 nitrogen and oxygen atoms in total. The second-order valence-corrected chi connectivity index (χ2v) is 6.84. The van der Waals surface area contributed by atoms with Crippen LogP contribution in [-0.4, -0.2) is 10.1 Å². The van der Waals surface area contributed by atoms with E-state index in [0.29, 0.717) is 11.7 Å². The zero-order valence-electron chi connectivity index (χ0n) is 14.9. The van der Waals surface area contributed by atoms with Gasteiger partial charge in [0.2, 0.25) is 6.10 Å². The molecule has 1 atom stereocenters. The highest BCUT2D eigenvalue weighted by Crippen LogP contribution is 2.38. The lowest BCUT2D eigenvalue weighted by molar-refractivity contribution is 0.190. The predicted molar refractivity (Wildman–Crippen MR) is 98.7 cm³/mol. The standard InChI is InChI=1S/C21H23N3O2/c1-2-15-9-6-7-12-17(15)25-18(16-10-4-3-5-11-16)19-23-20(24-26-19)21(22)13-8-14-21/h3-7,9-12,18H,2,8,13-14,22H2,1H3. The normalized spacial score (nSPS) is 16.7. The molecule has 1 aliphatic rings. The highest BCUT2D eigenvalue weighted by atomic mass is 16.5. The molecule has 4 rings (SSSR count). The fourth-order valence-electron chi connectivity index (χ4n) is 3.25. The summed E-state index contributed by atoms with van der Waals surface area (Å²) in [4.78, 5) is 4.60. The van der Waals surface area contributed by atoms with Gasteiger partial charge >= 0.3 is 0 Å². The Kier molecular flexibility index (Phi) is 4.47. The van der Waals surface area contributed by atoms with Crippen molar-refractivity contribution in [1.29, 1.82) is 0 Å². The van der Waals surface area contributed by atoms with Gasteiger partial charge in [-0.05, 0) is 37.3 Å². The molecular formula is C21H23N3O2. The minimum absolute atomic E-state index is 0.439. The minimum atomic E-state index is -0.464. The number of nitrogens with zero attached hydrogens (tertiary/aromatic N) is 2. The number of aromatic nitrogens is 2. The smallest absolute Gasteiger partial charge is 0.272 e. The van der Waals surface area contributed by atoms with E-state index in [2.05, 4.69) is 23.1 Å². The van der Waals surface area contributed by atoms with Crippen molar-refractivity contribution in [3.63, 3.8) is 0 Å². The van der Waals surface area contributed by atoms with Crippen LogP contribution in [0.25, 0.3) is 0 Å². The number of benzene rings is 2. The van der Waals surface area contributed by atoms with Gasteiger partial charge in [0.25, 0.3) is 5.89 Å². The number of rotatable bonds is 6. The predicted octanol–water partition coefficient (Wildman–Crippen LogP) is 4.14. The van der Waals surface area contributed by atoms with E-state index >= 15 is 0 Å². The van der Waals surface area contributed by atoms with Gasteiger partial charge in [-0.3, -0.25) is 0 Å². The average Bonchev–Trinajstić information content (AvgIpc) is 3.15. The third-order valence-electron chi connectivity index (χ3n) is 5.06. The average molecular weight is 349 g/mol. The Labute approximate surface area is 153 Å². The molecule has 1 aliphatic carbocycles. The van der Waals surface area contributed by atoms with E-state index in [1.807, 2.05) is 48.5 Å². The first-order chi connectivity index (χ1) is 12.7. The van der Waals surface area contributed by atoms with Crippen LogP contribution in [0.4, 0.5) is 0 Å². The molecular weight excluding hydrogens is 326 g/mol. The van der Waals surface area contributed by atoms with Crippen molar-refractivity contribution >= 4 is 0 Å². The summed E-state index contributed by atoms with van der Waals surface area (Å²) < 4.78 is 11.9. The fraction of sp³-hybridized carbons (Fsp3) is 0.333. The van der Waals surface area contributed by atoms with Crippen LogP contribution in [-0.2, 0) is 12.0 Å². The molecule has 1 unspecified atom stereocenters. The van der Waals surface area contributed by atoms with Crippen LogP contribution in [0.2, 0.25) is 0 Å². The lowest BCUT2D eigenvalue weighted by atomic mass is 9.77. The molecule has 0 spiro atoms. The van der Waals surface area contributed by atoms with Crippen LogP contribution < -0.4 is 10.5 Å². The molecule has 0 aliphatic heterocycles. The summed E-state index contributed by atoms with van der Waals surface area (Å²) in [5.41, 5.74) is 8.00. The molecule has 0 radical (unpaired) electrons. The first kappa shape index (κ1) is 16.8. The third-order valence-corrected chi connectivity index (χ3v) is 5.06. The van der Waals surface area contributed by atoms with Crippen molar-refractivity contribution in [3.05, 3.63) is 77.4 Å². The molecule has 5 heteroatoms. The molecule has 0 saturated heterocycles. The molecule has 26 heavy (non-hydrogen) atoms. The van der Waals surface area contributed by atoms with Crippen LogP contribution in [0.1, 0.15) is 55.1 Å². The summed E-state index contributed by atoms with van der Waals surface area (Å²) in [7, 11) is 0. The van der Waals surface area contributed by atoms with Crippen molar-refractivity contribution in [1.82, 2.24) is 10.1 Å². The summed E-state index contributed by atoms with van der Waals surface area (Å²) in [6.45, 7) is 2.11. The van der Waals surface area contributed by atoms with Gasteiger partial charge in [0, 0.05) is 5.56 Å². The van der Waals surface area contributed by atoms with Crippen LogP contribution in [0.15, 0.2) is 59.1 Å². The zero-order valence-corrected chi connectivity index (χ0v) is 14.9. The van der Waals surface area contributed by atoms with Gasteiger partial charge in [-0.2, -0.15) is 4.98 Å². The third kappa shape index (κ3) is 3.10. The van der Waals surface area contributed by atoms with E-state index in [9.17, 15) is 0 Å². The van der Waals surface area contributed by atoms with Gasteiger partial charge in [-0.15, -0.1) is 0 Å². The van der Waals surface area contributed by atoms with Gasteiger partial charge in [0.05, 0.1) is 5.54 Å². The molecule has 1 fully saturated rings. The van der Waals surface area contributed by atoms with Crippen LogP contribution in [0.5, 0.6) is 5.75 Å². The molecule has 1 aromatic heterocycles. The zero-order chi connectivity index (χ0) is 18.0. The maximum atomic E-state index is 6.35. The Morgan fingerprint density at radius 1 is 1.12 bits per heavy atom. The Morgan fingerprint density at radius 2 is 1.85 bits per heavy atom. The maximum absolute atomic E-state index is 6.35. The quantitative estimate of drug-likeness (QED) is 0.724. The second-order valence-electron chi connectivity index (χ2n) is 6.84. The molecule has 1 heterocycles. The van der Waals surface area contributed by atoms with Gasteiger partial charge < -0.3 is 15.0 Å². The van der Waals surface area contributed by atoms with Crippen molar-refractivity contribution in [2.45, 2.75) is 44.2 Å². The lowest BCUT2D eigenvalue weighted by Crippen LogP contribution is -2.44. The van der Waals surface area contributed by atoms with Crippen molar-refractivity contribution < 1.29 is 9.26 Å². The Bertz CT molecular complexity index is 872. The van der Waals surface area contributed by atoms with E-state index in [1.54, 1.807) is 0 Å². The van der Waals surface area contributed by atoms with Gasteiger partial charge in [-0.25, -0.2) is 0 Å². The largest absolute Gasteiger partial charge is 0.476 e. The molecule has 0 bridgehead atoms. The summed E-state index contributed by atoms with van der Waals surface area (Å²) in [6, 6.07) is 18.0. The van der Waals surface area contributed by atoms with Crippen LogP contribution in [0, 0.1) is 0 Å². The summed E-state index contributed by atoms with van der Waals surface area (Å²) >= 11 is 0. The number of hydrogen-bond acceptors (Lipinski definition) is 5. The van der Waals surface area contributed by atoms with E-state index in [4.69, 9.17) is 15.0 Å². The van der Waals surface area contributed by atoms with Gasteiger partial charge in [-0.1, -0.05) is 60.6 Å². The molecule has 134 valence electrons. The summed E-state index contributed by atoms with van der Waals surface area (Å²) in [5, 5.41) is 4.15. The monoisotopic (exact) mass is 349 g/mol.